The fraction of sp³-hybridized carbons (Fsp3) is 0.333. The molecule has 3 N–H and O–H groups in total. The summed E-state index contributed by atoms with van der Waals surface area (Å²) in [5.74, 6) is -0.392. The molecule has 0 radical (unpaired) electrons. The van der Waals surface area contributed by atoms with Crippen LogP contribution in [-0.2, 0) is 6.42 Å². The van der Waals surface area contributed by atoms with E-state index >= 15 is 0 Å². The van der Waals surface area contributed by atoms with Crippen molar-refractivity contribution in [2.24, 2.45) is 5.73 Å². The lowest BCUT2D eigenvalue weighted by molar-refractivity contribution is 0.463. The van der Waals surface area contributed by atoms with Gasteiger partial charge in [-0.15, -0.1) is 0 Å². The number of phenols is 1. The molecule has 0 saturated heterocycles. The van der Waals surface area contributed by atoms with E-state index in [-0.39, 0.29) is 11.6 Å². The zero-order valence-corrected chi connectivity index (χ0v) is 6.97. The third-order valence-electron chi connectivity index (χ3n) is 1.78. The molecular formula is C9H12FNO. The molecule has 2 nitrogen and oxygen atoms in total. The molecule has 1 rings (SSSR count). The van der Waals surface area contributed by atoms with Gasteiger partial charge in [0.05, 0.1) is 0 Å². The third kappa shape index (κ3) is 1.74. The van der Waals surface area contributed by atoms with Crippen LogP contribution < -0.4 is 5.73 Å². The lowest BCUT2D eigenvalue weighted by atomic mass is 10.1. The molecule has 12 heavy (non-hydrogen) atoms. The van der Waals surface area contributed by atoms with E-state index in [1.165, 1.54) is 0 Å². The second kappa shape index (κ2) is 3.54. The Kier molecular flexibility index (Phi) is 2.65. The van der Waals surface area contributed by atoms with Crippen molar-refractivity contribution in [2.45, 2.75) is 13.3 Å². The highest BCUT2D eigenvalue weighted by Gasteiger charge is 2.04. The zero-order chi connectivity index (χ0) is 9.14. The summed E-state index contributed by atoms with van der Waals surface area (Å²) < 4.78 is 13.0. The average Bonchev–Trinajstić information content (AvgIpc) is 2.01. The largest absolute Gasteiger partial charge is 0.508 e. The van der Waals surface area contributed by atoms with Gasteiger partial charge in [-0.2, -0.15) is 0 Å². The monoisotopic (exact) mass is 169 g/mol. The van der Waals surface area contributed by atoms with Crippen molar-refractivity contribution >= 4 is 0 Å². The molecular weight excluding hydrogens is 157 g/mol. The van der Waals surface area contributed by atoms with Crippen LogP contribution in [-0.4, -0.2) is 11.7 Å². The maximum Gasteiger partial charge on any atom is 0.130 e. The molecule has 0 saturated carbocycles. The van der Waals surface area contributed by atoms with E-state index < -0.39 is 0 Å². The van der Waals surface area contributed by atoms with Gasteiger partial charge in [-0.3, -0.25) is 0 Å². The predicted octanol–water partition coefficient (Wildman–Crippen LogP) is 1.34. The fourth-order valence-corrected chi connectivity index (χ4v) is 1.08. The normalized spacial score (nSPS) is 10.2. The SMILES string of the molecule is Cc1cc(CCN)c(F)cc1O. The minimum Gasteiger partial charge on any atom is -0.508 e. The Hall–Kier alpha value is -1.09. The van der Waals surface area contributed by atoms with Gasteiger partial charge < -0.3 is 10.8 Å². The van der Waals surface area contributed by atoms with Gasteiger partial charge in [0.1, 0.15) is 11.6 Å². The van der Waals surface area contributed by atoms with E-state index in [9.17, 15) is 4.39 Å². The van der Waals surface area contributed by atoms with Crippen LogP contribution in [0.25, 0.3) is 0 Å². The lowest BCUT2D eigenvalue weighted by Crippen LogP contribution is -2.04. The lowest BCUT2D eigenvalue weighted by Gasteiger charge is -2.04. The standard InChI is InChI=1S/C9H12FNO/c1-6-4-7(2-3-11)8(10)5-9(6)12/h4-5,12H,2-3,11H2,1H3. The van der Waals surface area contributed by atoms with Crippen molar-refractivity contribution in [2.75, 3.05) is 6.54 Å². The van der Waals surface area contributed by atoms with Gasteiger partial charge in [0, 0.05) is 6.07 Å². The first-order valence-electron chi connectivity index (χ1n) is 3.83. The van der Waals surface area contributed by atoms with Crippen LogP contribution in [0.3, 0.4) is 0 Å². The number of aryl methyl sites for hydroxylation is 1. The number of hydrogen-bond donors (Lipinski definition) is 2. The van der Waals surface area contributed by atoms with Crippen LogP contribution in [0.1, 0.15) is 11.1 Å². The molecule has 66 valence electrons. The Morgan fingerprint density at radius 2 is 2.17 bits per heavy atom. The summed E-state index contributed by atoms with van der Waals surface area (Å²) in [5, 5.41) is 9.12. The van der Waals surface area contributed by atoms with Crippen LogP contribution in [0.5, 0.6) is 5.75 Å². The molecule has 0 amide bonds. The van der Waals surface area contributed by atoms with E-state index in [0.717, 1.165) is 6.07 Å². The molecule has 0 aliphatic rings. The number of rotatable bonds is 2. The van der Waals surface area contributed by atoms with Gasteiger partial charge >= 0.3 is 0 Å². The van der Waals surface area contributed by atoms with Crippen LogP contribution in [0.2, 0.25) is 0 Å². The summed E-state index contributed by atoms with van der Waals surface area (Å²) in [6.45, 7) is 2.15. The summed E-state index contributed by atoms with van der Waals surface area (Å²) in [7, 11) is 0. The summed E-state index contributed by atoms with van der Waals surface area (Å²) in [6, 6.07) is 2.75. The van der Waals surface area contributed by atoms with E-state index in [0.29, 0.717) is 24.1 Å². The molecule has 0 aromatic heterocycles. The summed E-state index contributed by atoms with van der Waals surface area (Å²) in [4.78, 5) is 0. The smallest absolute Gasteiger partial charge is 0.130 e. The maximum atomic E-state index is 13.0. The molecule has 1 aromatic carbocycles. The summed E-state index contributed by atoms with van der Waals surface area (Å²) in [5.41, 5.74) is 6.53. The van der Waals surface area contributed by atoms with Crippen molar-refractivity contribution in [3.63, 3.8) is 0 Å². The van der Waals surface area contributed by atoms with Gasteiger partial charge in [0.2, 0.25) is 0 Å². The molecule has 0 aliphatic carbocycles. The maximum absolute atomic E-state index is 13.0. The van der Waals surface area contributed by atoms with Crippen molar-refractivity contribution in [3.05, 3.63) is 29.1 Å². The van der Waals surface area contributed by atoms with Gasteiger partial charge in [0.15, 0.2) is 0 Å². The van der Waals surface area contributed by atoms with Crippen LogP contribution in [0.15, 0.2) is 12.1 Å². The average molecular weight is 169 g/mol. The number of halogens is 1. The van der Waals surface area contributed by atoms with Crippen molar-refractivity contribution in [1.82, 2.24) is 0 Å². The highest BCUT2D eigenvalue weighted by molar-refractivity contribution is 5.36. The van der Waals surface area contributed by atoms with E-state index in [4.69, 9.17) is 10.8 Å². The molecule has 0 heterocycles. The van der Waals surface area contributed by atoms with Crippen LogP contribution in [0, 0.1) is 12.7 Å². The second-order valence-electron chi connectivity index (χ2n) is 2.77. The Labute approximate surface area is 70.8 Å². The Bertz CT molecular complexity index is 286. The second-order valence-corrected chi connectivity index (χ2v) is 2.77. The third-order valence-corrected chi connectivity index (χ3v) is 1.78. The van der Waals surface area contributed by atoms with Crippen LogP contribution >= 0.6 is 0 Å². The molecule has 0 atom stereocenters. The van der Waals surface area contributed by atoms with Gasteiger partial charge in [0.25, 0.3) is 0 Å². The predicted molar refractivity (Wildman–Crippen MR) is 45.6 cm³/mol. The molecule has 0 aliphatic heterocycles. The minimum atomic E-state index is -0.386. The first-order chi connectivity index (χ1) is 5.65. The first kappa shape index (κ1) is 9.00. The topological polar surface area (TPSA) is 46.2 Å². The number of nitrogens with two attached hydrogens (primary N) is 1. The van der Waals surface area contributed by atoms with Crippen molar-refractivity contribution < 1.29 is 9.50 Å². The minimum absolute atomic E-state index is 0.00623. The molecule has 0 spiro atoms. The first-order valence-corrected chi connectivity index (χ1v) is 3.83. The number of hydrogen-bond acceptors (Lipinski definition) is 2. The molecule has 1 aromatic rings. The van der Waals surface area contributed by atoms with E-state index in [2.05, 4.69) is 0 Å². The Morgan fingerprint density at radius 1 is 1.50 bits per heavy atom. The molecule has 0 unspecified atom stereocenters. The Balaban J connectivity index is 3.05. The highest BCUT2D eigenvalue weighted by Crippen LogP contribution is 2.20. The quantitative estimate of drug-likeness (QED) is 0.701. The summed E-state index contributed by atoms with van der Waals surface area (Å²) in [6.07, 6.45) is 0.507. The molecule has 3 heteroatoms. The Morgan fingerprint density at radius 3 is 2.75 bits per heavy atom. The number of phenolic OH excluding ortho intramolecular Hbond substituents is 1. The van der Waals surface area contributed by atoms with Gasteiger partial charge in [-0.1, -0.05) is 0 Å². The zero-order valence-electron chi connectivity index (χ0n) is 6.97. The molecule has 0 bridgehead atoms. The molecule has 0 fully saturated rings. The fourth-order valence-electron chi connectivity index (χ4n) is 1.08. The van der Waals surface area contributed by atoms with Gasteiger partial charge in [-0.25, -0.2) is 4.39 Å². The summed E-state index contributed by atoms with van der Waals surface area (Å²) >= 11 is 0. The van der Waals surface area contributed by atoms with E-state index in [1.54, 1.807) is 13.0 Å². The number of aromatic hydroxyl groups is 1. The van der Waals surface area contributed by atoms with Crippen molar-refractivity contribution in [3.8, 4) is 5.75 Å². The van der Waals surface area contributed by atoms with Crippen molar-refractivity contribution in [1.29, 1.82) is 0 Å². The number of benzene rings is 1. The van der Waals surface area contributed by atoms with Gasteiger partial charge in [-0.05, 0) is 37.1 Å². The highest BCUT2D eigenvalue weighted by atomic mass is 19.1. The van der Waals surface area contributed by atoms with E-state index in [1.807, 2.05) is 0 Å². The van der Waals surface area contributed by atoms with Crippen LogP contribution in [0.4, 0.5) is 4.39 Å².